The molecule has 1 fully saturated rings. The molecule has 0 saturated heterocycles. The first kappa shape index (κ1) is 20.3. The van der Waals surface area contributed by atoms with Crippen LogP contribution in [-0.4, -0.2) is 17.9 Å². The van der Waals surface area contributed by atoms with Gasteiger partial charge in [0.05, 0.1) is 4.88 Å². The molecule has 6 heteroatoms. The van der Waals surface area contributed by atoms with Crippen molar-refractivity contribution < 1.29 is 14.0 Å². The topological polar surface area (TPSA) is 49.4 Å². The molecule has 0 unspecified atom stereocenters. The standard InChI is InChI=1S/C24H23FN2O2S/c25-18-12-14-20(15-13-18)27(24(29)21-11-6-16-30-21)22(17-7-2-1-3-8-17)23(28)26-19-9-4-5-10-19/h1-3,6-8,11-16,19,22H,4-5,9-10H2,(H,26,28)/t22-/m1/s1. The van der Waals surface area contributed by atoms with E-state index in [9.17, 15) is 14.0 Å². The van der Waals surface area contributed by atoms with Gasteiger partial charge in [-0.1, -0.05) is 49.2 Å². The number of thiophene rings is 1. The fourth-order valence-corrected chi connectivity index (χ4v) is 4.57. The molecule has 2 amide bonds. The third kappa shape index (κ3) is 4.44. The second-order valence-electron chi connectivity index (χ2n) is 7.43. The molecule has 0 spiro atoms. The number of amides is 2. The first-order valence-electron chi connectivity index (χ1n) is 10.1. The van der Waals surface area contributed by atoms with Crippen molar-refractivity contribution in [3.8, 4) is 0 Å². The number of nitrogens with one attached hydrogen (secondary N) is 1. The Hall–Kier alpha value is -2.99. The van der Waals surface area contributed by atoms with E-state index in [1.54, 1.807) is 24.3 Å². The molecule has 154 valence electrons. The molecule has 1 aliphatic rings. The summed E-state index contributed by atoms with van der Waals surface area (Å²) in [5, 5.41) is 4.96. The summed E-state index contributed by atoms with van der Waals surface area (Å²) in [6.07, 6.45) is 4.08. The number of anilines is 1. The van der Waals surface area contributed by atoms with Gasteiger partial charge in [0.1, 0.15) is 11.9 Å². The molecule has 1 atom stereocenters. The van der Waals surface area contributed by atoms with Crippen LogP contribution in [0.25, 0.3) is 0 Å². The van der Waals surface area contributed by atoms with Crippen LogP contribution in [0.15, 0.2) is 72.1 Å². The summed E-state index contributed by atoms with van der Waals surface area (Å²) in [5.74, 6) is -0.900. The number of carbonyl (C=O) groups is 2. The van der Waals surface area contributed by atoms with Gasteiger partial charge in [0.2, 0.25) is 5.91 Å². The van der Waals surface area contributed by atoms with Gasteiger partial charge in [0.15, 0.2) is 0 Å². The van der Waals surface area contributed by atoms with E-state index in [-0.39, 0.29) is 17.9 Å². The number of hydrogen-bond acceptors (Lipinski definition) is 3. The maximum atomic E-state index is 13.6. The van der Waals surface area contributed by atoms with Crippen molar-refractivity contribution in [3.63, 3.8) is 0 Å². The van der Waals surface area contributed by atoms with Crippen molar-refractivity contribution in [1.82, 2.24) is 5.32 Å². The normalized spacial score (nSPS) is 15.0. The highest BCUT2D eigenvalue weighted by atomic mass is 32.1. The van der Waals surface area contributed by atoms with Crippen LogP contribution in [0.4, 0.5) is 10.1 Å². The fraction of sp³-hybridized carbons (Fsp3) is 0.250. The van der Waals surface area contributed by atoms with Gasteiger partial charge >= 0.3 is 0 Å². The molecule has 4 rings (SSSR count). The highest BCUT2D eigenvalue weighted by Gasteiger charge is 2.35. The van der Waals surface area contributed by atoms with Gasteiger partial charge in [-0.2, -0.15) is 0 Å². The van der Waals surface area contributed by atoms with E-state index in [2.05, 4.69) is 5.32 Å². The zero-order chi connectivity index (χ0) is 20.9. The lowest BCUT2D eigenvalue weighted by Crippen LogP contribution is -2.46. The van der Waals surface area contributed by atoms with Crippen LogP contribution in [-0.2, 0) is 4.79 Å². The first-order chi connectivity index (χ1) is 14.6. The summed E-state index contributed by atoms with van der Waals surface area (Å²) in [4.78, 5) is 29.0. The monoisotopic (exact) mass is 422 g/mol. The molecule has 0 bridgehead atoms. The largest absolute Gasteiger partial charge is 0.351 e. The molecule has 1 saturated carbocycles. The number of nitrogens with zero attached hydrogens (tertiary/aromatic N) is 1. The van der Waals surface area contributed by atoms with Crippen LogP contribution < -0.4 is 10.2 Å². The summed E-state index contributed by atoms with van der Waals surface area (Å²) in [7, 11) is 0. The van der Waals surface area contributed by atoms with E-state index in [0.717, 1.165) is 25.7 Å². The molecule has 4 nitrogen and oxygen atoms in total. The van der Waals surface area contributed by atoms with E-state index >= 15 is 0 Å². The summed E-state index contributed by atoms with van der Waals surface area (Å²) >= 11 is 1.32. The number of carbonyl (C=O) groups excluding carboxylic acids is 2. The maximum Gasteiger partial charge on any atom is 0.269 e. The van der Waals surface area contributed by atoms with Crippen LogP contribution in [0.1, 0.15) is 47.0 Å². The quantitative estimate of drug-likeness (QED) is 0.583. The molecule has 2 aromatic carbocycles. The van der Waals surface area contributed by atoms with Crippen LogP contribution in [0.5, 0.6) is 0 Å². The number of halogens is 1. The summed E-state index contributed by atoms with van der Waals surface area (Å²) < 4.78 is 13.6. The van der Waals surface area contributed by atoms with E-state index in [1.807, 2.05) is 35.7 Å². The van der Waals surface area contributed by atoms with Gasteiger partial charge in [0.25, 0.3) is 5.91 Å². The summed E-state index contributed by atoms with van der Waals surface area (Å²) in [6, 6.07) is 17.8. The smallest absolute Gasteiger partial charge is 0.269 e. The van der Waals surface area contributed by atoms with E-state index in [4.69, 9.17) is 0 Å². The van der Waals surface area contributed by atoms with Crippen molar-refractivity contribution in [2.24, 2.45) is 0 Å². The molecule has 30 heavy (non-hydrogen) atoms. The third-order valence-electron chi connectivity index (χ3n) is 5.38. The Labute approximate surface area is 179 Å². The van der Waals surface area contributed by atoms with Crippen LogP contribution in [0.2, 0.25) is 0 Å². The van der Waals surface area contributed by atoms with Crippen molar-refractivity contribution in [2.45, 2.75) is 37.8 Å². The SMILES string of the molecule is O=C(NC1CCCC1)[C@@H](c1ccccc1)N(C(=O)c1cccs1)c1ccc(F)cc1. The molecule has 1 aromatic heterocycles. The predicted octanol–water partition coefficient (Wildman–Crippen LogP) is 5.33. The van der Waals surface area contributed by atoms with Crippen molar-refractivity contribution >= 4 is 28.8 Å². The minimum absolute atomic E-state index is 0.121. The Morgan fingerprint density at radius 3 is 2.30 bits per heavy atom. The van der Waals surface area contributed by atoms with Gasteiger partial charge in [-0.05, 0) is 54.1 Å². The highest BCUT2D eigenvalue weighted by molar-refractivity contribution is 7.12. The Morgan fingerprint density at radius 1 is 0.967 bits per heavy atom. The maximum absolute atomic E-state index is 13.6. The first-order valence-corrected chi connectivity index (χ1v) is 11.0. The predicted molar refractivity (Wildman–Crippen MR) is 117 cm³/mol. The van der Waals surface area contributed by atoms with Crippen molar-refractivity contribution in [3.05, 3.63) is 88.4 Å². The summed E-state index contributed by atoms with van der Waals surface area (Å²) in [5.41, 5.74) is 1.19. The average molecular weight is 423 g/mol. The second kappa shape index (κ2) is 9.22. The average Bonchev–Trinajstić information content (AvgIpc) is 3.47. The molecule has 3 aromatic rings. The highest BCUT2D eigenvalue weighted by Crippen LogP contribution is 2.31. The van der Waals surface area contributed by atoms with Gasteiger partial charge in [-0.25, -0.2) is 4.39 Å². The molecule has 1 heterocycles. The van der Waals surface area contributed by atoms with Gasteiger partial charge in [-0.3, -0.25) is 14.5 Å². The fourth-order valence-electron chi connectivity index (χ4n) is 3.91. The second-order valence-corrected chi connectivity index (χ2v) is 8.38. The molecular weight excluding hydrogens is 399 g/mol. The zero-order valence-corrected chi connectivity index (χ0v) is 17.3. The minimum atomic E-state index is -0.855. The van der Waals surface area contributed by atoms with E-state index < -0.39 is 11.9 Å². The Bertz CT molecular complexity index is 984. The molecule has 0 aliphatic heterocycles. The van der Waals surface area contributed by atoms with Crippen LogP contribution in [0, 0.1) is 5.82 Å². The number of hydrogen-bond donors (Lipinski definition) is 1. The molecule has 0 radical (unpaired) electrons. The molecular formula is C24H23FN2O2S. The van der Waals surface area contributed by atoms with Crippen molar-refractivity contribution in [1.29, 1.82) is 0 Å². The Morgan fingerprint density at radius 2 is 1.67 bits per heavy atom. The Balaban J connectivity index is 1.78. The van der Waals surface area contributed by atoms with Gasteiger partial charge in [-0.15, -0.1) is 11.3 Å². The lowest BCUT2D eigenvalue weighted by molar-refractivity contribution is -0.123. The van der Waals surface area contributed by atoms with E-state index in [1.165, 1.54) is 28.4 Å². The Kier molecular flexibility index (Phi) is 6.23. The minimum Gasteiger partial charge on any atom is -0.351 e. The van der Waals surface area contributed by atoms with Crippen molar-refractivity contribution in [2.75, 3.05) is 4.90 Å². The summed E-state index contributed by atoms with van der Waals surface area (Å²) in [6.45, 7) is 0. The van der Waals surface area contributed by atoms with E-state index in [0.29, 0.717) is 16.1 Å². The lowest BCUT2D eigenvalue weighted by atomic mass is 10.0. The number of rotatable bonds is 6. The lowest BCUT2D eigenvalue weighted by Gasteiger charge is -2.32. The zero-order valence-electron chi connectivity index (χ0n) is 16.5. The van der Waals surface area contributed by atoms with Crippen LogP contribution in [0.3, 0.4) is 0 Å². The third-order valence-corrected chi connectivity index (χ3v) is 6.24. The molecule has 1 aliphatic carbocycles. The van der Waals surface area contributed by atoms with Crippen LogP contribution >= 0.6 is 11.3 Å². The molecule has 1 N–H and O–H groups in total. The van der Waals surface area contributed by atoms with Gasteiger partial charge < -0.3 is 5.32 Å². The number of benzene rings is 2. The van der Waals surface area contributed by atoms with Gasteiger partial charge in [0, 0.05) is 11.7 Å².